The Hall–Kier alpha value is -1.58. The van der Waals surface area contributed by atoms with Crippen LogP contribution in [-0.4, -0.2) is 16.3 Å². The highest BCUT2D eigenvalue weighted by atomic mass is 16.4. The van der Waals surface area contributed by atoms with Crippen molar-refractivity contribution in [2.45, 2.75) is 0 Å². The average molecular weight is 135 g/mol. The molecule has 0 fully saturated rings. The Morgan fingerprint density at radius 1 is 1.70 bits per heavy atom. The van der Waals surface area contributed by atoms with E-state index >= 15 is 0 Å². The summed E-state index contributed by atoms with van der Waals surface area (Å²) in [5.74, 6) is 0.489. The van der Waals surface area contributed by atoms with E-state index in [1.807, 2.05) is 0 Å². The Morgan fingerprint density at radius 3 is 3.30 bits per heavy atom. The van der Waals surface area contributed by atoms with Gasteiger partial charge < -0.3 is 4.42 Å². The predicted octanol–water partition coefficient (Wildman–Crippen LogP) is 1.26. The van der Waals surface area contributed by atoms with Crippen LogP contribution < -0.4 is 0 Å². The minimum absolute atomic E-state index is 0.489. The average Bonchev–Trinajstić information content (AvgIpc) is 2.42. The summed E-state index contributed by atoms with van der Waals surface area (Å²) in [7, 11) is 0. The third-order valence-electron chi connectivity index (χ3n) is 1.23. The van der Waals surface area contributed by atoms with Crippen molar-refractivity contribution in [1.29, 1.82) is 0 Å². The normalized spacial score (nSPS) is 10.4. The fraction of sp³-hybridized carbons (Fsp3) is 0. The van der Waals surface area contributed by atoms with Gasteiger partial charge in [0.25, 0.3) is 0 Å². The van der Waals surface area contributed by atoms with Crippen LogP contribution in [0.5, 0.6) is 0 Å². The number of nitrogens with zero attached hydrogens (tertiary/aromatic N) is 3. The van der Waals surface area contributed by atoms with Gasteiger partial charge in [-0.3, -0.25) is 0 Å². The lowest BCUT2D eigenvalue weighted by Crippen LogP contribution is -1.74. The highest BCUT2D eigenvalue weighted by molar-refractivity contribution is 5.42. The third kappa shape index (κ3) is 0.556. The fourth-order valence-electron chi connectivity index (χ4n) is 0.791. The summed E-state index contributed by atoms with van der Waals surface area (Å²) >= 11 is 0. The molecule has 0 atom stereocenters. The molecule has 0 saturated heterocycles. The van der Waals surface area contributed by atoms with Crippen LogP contribution >= 0.6 is 0 Å². The molecule has 0 aliphatic heterocycles. The molecule has 2 heterocycles. The quantitative estimate of drug-likeness (QED) is 0.552. The highest BCUT2D eigenvalue weighted by Gasteiger charge is 1.98. The van der Waals surface area contributed by atoms with Crippen molar-refractivity contribution in [3.8, 4) is 0 Å². The van der Waals surface area contributed by atoms with E-state index in [1.54, 1.807) is 23.0 Å². The van der Waals surface area contributed by atoms with Crippen LogP contribution in [0, 0.1) is 0 Å². The molecule has 0 bridgehead atoms. The van der Waals surface area contributed by atoms with E-state index in [2.05, 4.69) is 16.8 Å². The lowest BCUT2D eigenvalue weighted by atomic mass is 10.7. The van der Waals surface area contributed by atoms with Gasteiger partial charge in [-0.2, -0.15) is 5.10 Å². The maximum atomic E-state index is 5.13. The van der Waals surface area contributed by atoms with Crippen molar-refractivity contribution >= 4 is 18.3 Å². The molecule has 2 aromatic rings. The van der Waals surface area contributed by atoms with Gasteiger partial charge in [0.05, 0.1) is 12.4 Å². The Bertz CT molecular complexity index is 331. The summed E-state index contributed by atoms with van der Waals surface area (Å²) in [6.45, 7) is 3.32. The second-order valence-corrected chi connectivity index (χ2v) is 1.84. The highest BCUT2D eigenvalue weighted by Crippen LogP contribution is 2.15. The van der Waals surface area contributed by atoms with Crippen molar-refractivity contribution in [1.82, 2.24) is 9.61 Å². The van der Waals surface area contributed by atoms with Gasteiger partial charge in [-0.25, -0.2) is 9.51 Å². The van der Waals surface area contributed by atoms with Crippen LogP contribution in [0.25, 0.3) is 5.71 Å². The SMILES string of the molecule is C=Nc1cn2nccc2o1. The summed E-state index contributed by atoms with van der Waals surface area (Å²) in [5.41, 5.74) is 0.683. The first-order chi connectivity index (χ1) is 4.90. The molecule has 2 rings (SSSR count). The van der Waals surface area contributed by atoms with Crippen LogP contribution in [-0.2, 0) is 0 Å². The van der Waals surface area contributed by atoms with Crippen LogP contribution in [0.4, 0.5) is 5.88 Å². The first kappa shape index (κ1) is 5.22. The van der Waals surface area contributed by atoms with Crippen molar-refractivity contribution in [3.05, 3.63) is 18.5 Å². The van der Waals surface area contributed by atoms with Crippen LogP contribution in [0.1, 0.15) is 0 Å². The molecule has 2 aromatic heterocycles. The van der Waals surface area contributed by atoms with Gasteiger partial charge in [-0.15, -0.1) is 0 Å². The first-order valence-electron chi connectivity index (χ1n) is 2.80. The lowest BCUT2D eigenvalue weighted by molar-refractivity contribution is 0.616. The van der Waals surface area contributed by atoms with E-state index in [9.17, 15) is 0 Å². The molecule has 10 heavy (non-hydrogen) atoms. The second-order valence-electron chi connectivity index (χ2n) is 1.84. The molecule has 0 radical (unpaired) electrons. The minimum atomic E-state index is 0.489. The van der Waals surface area contributed by atoms with Gasteiger partial charge in [0.2, 0.25) is 11.6 Å². The van der Waals surface area contributed by atoms with E-state index in [0.717, 1.165) is 0 Å². The van der Waals surface area contributed by atoms with Crippen molar-refractivity contribution in [3.63, 3.8) is 0 Å². The standard InChI is InChI=1S/C6H5N3O/c1-7-5-4-9-6(10-5)2-3-8-9/h2-4H,1H2. The monoisotopic (exact) mass is 135 g/mol. The molecule has 0 aromatic carbocycles. The molecule has 0 unspecified atom stereocenters. The van der Waals surface area contributed by atoms with Crippen molar-refractivity contribution in [2.24, 2.45) is 4.99 Å². The predicted molar refractivity (Wildman–Crippen MR) is 36.7 cm³/mol. The molecular weight excluding hydrogens is 130 g/mol. The summed E-state index contributed by atoms with van der Waals surface area (Å²) < 4.78 is 6.73. The van der Waals surface area contributed by atoms with E-state index in [0.29, 0.717) is 11.6 Å². The van der Waals surface area contributed by atoms with E-state index in [4.69, 9.17) is 4.42 Å². The maximum Gasteiger partial charge on any atom is 0.239 e. The fourth-order valence-corrected chi connectivity index (χ4v) is 0.791. The number of fused-ring (bicyclic) bond motifs is 1. The minimum Gasteiger partial charge on any atom is -0.419 e. The van der Waals surface area contributed by atoms with Gasteiger partial charge in [0.15, 0.2) is 0 Å². The van der Waals surface area contributed by atoms with Crippen LogP contribution in [0.2, 0.25) is 0 Å². The van der Waals surface area contributed by atoms with E-state index in [-0.39, 0.29) is 0 Å². The van der Waals surface area contributed by atoms with Crippen LogP contribution in [0.3, 0.4) is 0 Å². The summed E-state index contributed by atoms with van der Waals surface area (Å²) in [6, 6.07) is 1.76. The van der Waals surface area contributed by atoms with Gasteiger partial charge in [-0.1, -0.05) is 0 Å². The van der Waals surface area contributed by atoms with E-state index in [1.165, 1.54) is 0 Å². The van der Waals surface area contributed by atoms with Crippen molar-refractivity contribution in [2.75, 3.05) is 0 Å². The van der Waals surface area contributed by atoms with Gasteiger partial charge in [0, 0.05) is 6.07 Å². The molecule has 0 spiro atoms. The number of rotatable bonds is 1. The molecule has 0 aliphatic carbocycles. The Kier molecular flexibility index (Phi) is 0.887. The zero-order valence-electron chi connectivity index (χ0n) is 5.19. The zero-order chi connectivity index (χ0) is 6.97. The largest absolute Gasteiger partial charge is 0.419 e. The first-order valence-corrected chi connectivity index (χ1v) is 2.80. The molecule has 0 aliphatic rings. The number of aliphatic imine (C=N–C) groups is 1. The molecule has 4 nitrogen and oxygen atoms in total. The summed E-state index contributed by atoms with van der Waals surface area (Å²) in [6.07, 6.45) is 3.33. The maximum absolute atomic E-state index is 5.13. The Morgan fingerprint density at radius 2 is 2.60 bits per heavy atom. The lowest BCUT2D eigenvalue weighted by Gasteiger charge is -1.73. The number of oxazole rings is 1. The van der Waals surface area contributed by atoms with Crippen LogP contribution in [0.15, 0.2) is 27.9 Å². The number of hydrogen-bond acceptors (Lipinski definition) is 3. The van der Waals surface area contributed by atoms with E-state index < -0.39 is 0 Å². The van der Waals surface area contributed by atoms with Crippen molar-refractivity contribution < 1.29 is 4.42 Å². The molecule has 0 N–H and O–H groups in total. The number of aromatic nitrogens is 2. The zero-order valence-corrected chi connectivity index (χ0v) is 5.19. The Labute approximate surface area is 56.8 Å². The van der Waals surface area contributed by atoms with Gasteiger partial charge in [0.1, 0.15) is 0 Å². The van der Waals surface area contributed by atoms with Gasteiger partial charge >= 0.3 is 0 Å². The molecular formula is C6H5N3O. The third-order valence-corrected chi connectivity index (χ3v) is 1.23. The smallest absolute Gasteiger partial charge is 0.239 e. The molecule has 4 heteroatoms. The molecule has 50 valence electrons. The molecule has 0 amide bonds. The summed E-state index contributed by atoms with van der Waals surface area (Å²) in [4.78, 5) is 3.60. The molecule has 0 saturated carbocycles. The summed E-state index contributed by atoms with van der Waals surface area (Å²) in [5, 5.41) is 3.92. The second kappa shape index (κ2) is 1.70. The van der Waals surface area contributed by atoms with Gasteiger partial charge in [-0.05, 0) is 6.72 Å². The topological polar surface area (TPSA) is 42.8 Å². The Balaban J connectivity index is 2.78. The number of hydrogen-bond donors (Lipinski definition) is 0.